The van der Waals surface area contributed by atoms with Gasteiger partial charge in [0, 0.05) is 16.6 Å². The molecule has 1 heterocycles. The minimum Gasteiger partial charge on any atom is -0.370 e. The van der Waals surface area contributed by atoms with Gasteiger partial charge in [0.25, 0.3) is 0 Å². The molecule has 1 aliphatic heterocycles. The number of nitrogens with one attached hydrogen (secondary N) is 1. The largest absolute Gasteiger partial charge is 0.370 e. The minimum absolute atomic E-state index is 0.197. The third-order valence-electron chi connectivity index (χ3n) is 4.68. The maximum atomic E-state index is 6.16. The Hall–Kier alpha value is -0.380. The number of rotatable bonds is 1. The maximum Gasteiger partial charge on any atom is 0.0950 e. The predicted molar refractivity (Wildman–Crippen MR) is 81.2 cm³/mol. The van der Waals surface area contributed by atoms with Crippen LogP contribution in [0.5, 0.6) is 0 Å². The second-order valence-electron chi connectivity index (χ2n) is 6.20. The molecule has 1 aromatic carbocycles. The van der Waals surface area contributed by atoms with E-state index >= 15 is 0 Å². The van der Waals surface area contributed by atoms with Crippen LogP contribution in [0.2, 0.25) is 0 Å². The Morgan fingerprint density at radius 2 is 2.11 bits per heavy atom. The molecule has 19 heavy (non-hydrogen) atoms. The molecule has 0 amide bonds. The number of halogens is 1. The van der Waals surface area contributed by atoms with E-state index in [4.69, 9.17) is 4.74 Å². The maximum absolute atomic E-state index is 6.16. The lowest BCUT2D eigenvalue weighted by Gasteiger charge is -2.45. The molecule has 2 nitrogen and oxygen atoms in total. The van der Waals surface area contributed by atoms with Crippen LogP contribution in [0.1, 0.15) is 44.3 Å². The van der Waals surface area contributed by atoms with Gasteiger partial charge in [0.2, 0.25) is 0 Å². The lowest BCUT2D eigenvalue weighted by atomic mass is 9.77. The zero-order chi connectivity index (χ0) is 13.3. The third kappa shape index (κ3) is 3.04. The Kier molecular flexibility index (Phi) is 3.97. The van der Waals surface area contributed by atoms with Crippen LogP contribution in [0.15, 0.2) is 28.7 Å². The van der Waals surface area contributed by atoms with Crippen molar-refractivity contribution in [2.24, 2.45) is 5.92 Å². The normalized spacial score (nSPS) is 35.5. The second-order valence-corrected chi connectivity index (χ2v) is 7.11. The van der Waals surface area contributed by atoms with Gasteiger partial charge in [-0.05, 0) is 49.3 Å². The first-order chi connectivity index (χ1) is 9.17. The van der Waals surface area contributed by atoms with E-state index in [2.05, 4.69) is 52.4 Å². The quantitative estimate of drug-likeness (QED) is 0.841. The summed E-state index contributed by atoms with van der Waals surface area (Å²) >= 11 is 3.53. The van der Waals surface area contributed by atoms with Gasteiger partial charge in [0.05, 0.1) is 12.7 Å². The molecule has 104 valence electrons. The molecule has 1 saturated carbocycles. The summed E-state index contributed by atoms with van der Waals surface area (Å²) in [4.78, 5) is 0. The van der Waals surface area contributed by atoms with Crippen LogP contribution in [0.3, 0.4) is 0 Å². The van der Waals surface area contributed by atoms with Gasteiger partial charge >= 0.3 is 0 Å². The van der Waals surface area contributed by atoms with Gasteiger partial charge in [0.15, 0.2) is 0 Å². The summed E-state index contributed by atoms with van der Waals surface area (Å²) in [7, 11) is 0. The first-order valence-corrected chi connectivity index (χ1v) is 8.08. The Labute approximate surface area is 124 Å². The van der Waals surface area contributed by atoms with Crippen molar-refractivity contribution < 1.29 is 4.74 Å². The number of hydrogen-bond donors (Lipinski definition) is 1. The van der Waals surface area contributed by atoms with E-state index in [9.17, 15) is 0 Å². The average molecular weight is 324 g/mol. The highest BCUT2D eigenvalue weighted by molar-refractivity contribution is 9.10. The van der Waals surface area contributed by atoms with Gasteiger partial charge < -0.3 is 10.1 Å². The summed E-state index contributed by atoms with van der Waals surface area (Å²) < 4.78 is 7.29. The first kappa shape index (κ1) is 13.6. The van der Waals surface area contributed by atoms with E-state index < -0.39 is 0 Å². The van der Waals surface area contributed by atoms with Crippen molar-refractivity contribution in [3.05, 3.63) is 34.3 Å². The van der Waals surface area contributed by atoms with Gasteiger partial charge in [-0.3, -0.25) is 0 Å². The molecule has 0 aromatic heterocycles. The smallest absolute Gasteiger partial charge is 0.0950 e. The van der Waals surface area contributed by atoms with E-state index in [-0.39, 0.29) is 11.6 Å². The molecule has 2 aliphatic rings. The zero-order valence-corrected chi connectivity index (χ0v) is 13.1. The van der Waals surface area contributed by atoms with Crippen molar-refractivity contribution in [1.82, 2.24) is 5.32 Å². The highest BCUT2D eigenvalue weighted by Gasteiger charge is 2.38. The number of morpholine rings is 1. The van der Waals surface area contributed by atoms with E-state index in [0.29, 0.717) is 0 Å². The van der Waals surface area contributed by atoms with Crippen LogP contribution in [0.25, 0.3) is 0 Å². The third-order valence-corrected chi connectivity index (χ3v) is 5.17. The van der Waals surface area contributed by atoms with Crippen molar-refractivity contribution in [1.29, 1.82) is 0 Å². The summed E-state index contributed by atoms with van der Waals surface area (Å²) in [5.41, 5.74) is 1.52. The summed E-state index contributed by atoms with van der Waals surface area (Å²) in [5, 5.41) is 3.78. The Morgan fingerprint density at radius 3 is 2.74 bits per heavy atom. The Morgan fingerprint density at radius 1 is 1.32 bits per heavy atom. The van der Waals surface area contributed by atoms with Crippen LogP contribution in [-0.4, -0.2) is 18.7 Å². The van der Waals surface area contributed by atoms with Crippen molar-refractivity contribution in [2.75, 3.05) is 13.2 Å². The molecule has 1 unspecified atom stereocenters. The standard InChI is InChI=1S/C16H22BrNO/c1-12-5-7-16(8-6-12)11-19-15(10-18-16)13-3-2-4-14(17)9-13/h2-4,9,12,15,18H,5-8,10-11H2,1H3. The zero-order valence-electron chi connectivity index (χ0n) is 11.5. The fraction of sp³-hybridized carbons (Fsp3) is 0.625. The summed E-state index contributed by atoms with van der Waals surface area (Å²) in [6.45, 7) is 4.16. The summed E-state index contributed by atoms with van der Waals surface area (Å²) in [6.07, 6.45) is 5.39. The number of hydrogen-bond acceptors (Lipinski definition) is 2. The molecule has 3 rings (SSSR count). The van der Waals surface area contributed by atoms with E-state index in [1.807, 2.05) is 0 Å². The summed E-state index contributed by atoms with van der Waals surface area (Å²) in [5.74, 6) is 0.884. The van der Waals surface area contributed by atoms with Crippen molar-refractivity contribution in [3.63, 3.8) is 0 Å². The highest BCUT2D eigenvalue weighted by atomic mass is 79.9. The molecular weight excluding hydrogens is 302 g/mol. The lowest BCUT2D eigenvalue weighted by Crippen LogP contribution is -2.56. The van der Waals surface area contributed by atoms with E-state index in [1.165, 1.54) is 31.2 Å². The Bertz CT molecular complexity index is 430. The monoisotopic (exact) mass is 323 g/mol. The minimum atomic E-state index is 0.197. The molecule has 1 aliphatic carbocycles. The van der Waals surface area contributed by atoms with E-state index in [0.717, 1.165) is 23.5 Å². The van der Waals surface area contributed by atoms with Crippen LogP contribution in [0, 0.1) is 5.92 Å². The molecule has 1 N–H and O–H groups in total. The average Bonchev–Trinajstić information content (AvgIpc) is 2.43. The molecule has 0 radical (unpaired) electrons. The molecule has 1 spiro atoms. The molecule has 3 heteroatoms. The van der Waals surface area contributed by atoms with Gasteiger partial charge in [-0.1, -0.05) is 35.0 Å². The van der Waals surface area contributed by atoms with Gasteiger partial charge in [-0.2, -0.15) is 0 Å². The molecule has 1 saturated heterocycles. The van der Waals surface area contributed by atoms with Crippen LogP contribution < -0.4 is 5.32 Å². The fourth-order valence-electron chi connectivity index (χ4n) is 3.24. The van der Waals surface area contributed by atoms with Crippen molar-refractivity contribution >= 4 is 15.9 Å². The van der Waals surface area contributed by atoms with Gasteiger partial charge in [-0.25, -0.2) is 0 Å². The fourth-order valence-corrected chi connectivity index (χ4v) is 3.65. The molecule has 2 fully saturated rings. The van der Waals surface area contributed by atoms with Crippen molar-refractivity contribution in [2.45, 2.75) is 44.2 Å². The Balaban J connectivity index is 1.63. The van der Waals surface area contributed by atoms with Crippen molar-refractivity contribution in [3.8, 4) is 0 Å². The molecule has 1 atom stereocenters. The van der Waals surface area contributed by atoms with Gasteiger partial charge in [0.1, 0.15) is 0 Å². The number of ether oxygens (including phenoxy) is 1. The van der Waals surface area contributed by atoms with E-state index in [1.54, 1.807) is 0 Å². The van der Waals surface area contributed by atoms with Crippen LogP contribution in [-0.2, 0) is 4.74 Å². The van der Waals surface area contributed by atoms with Crippen LogP contribution >= 0.6 is 15.9 Å². The topological polar surface area (TPSA) is 21.3 Å². The SMILES string of the molecule is CC1CCC2(CC1)COC(c1cccc(Br)c1)CN2. The summed E-state index contributed by atoms with van der Waals surface area (Å²) in [6, 6.07) is 8.45. The predicted octanol–water partition coefficient (Wildman–Crippen LogP) is 4.06. The van der Waals surface area contributed by atoms with Crippen LogP contribution in [0.4, 0.5) is 0 Å². The molecule has 0 bridgehead atoms. The van der Waals surface area contributed by atoms with Gasteiger partial charge in [-0.15, -0.1) is 0 Å². The molecule has 1 aromatic rings. The lowest BCUT2D eigenvalue weighted by molar-refractivity contribution is -0.0504. The second kappa shape index (κ2) is 5.55. The molecular formula is C16H22BrNO. The number of benzene rings is 1. The highest BCUT2D eigenvalue weighted by Crippen LogP contribution is 2.36. The first-order valence-electron chi connectivity index (χ1n) is 7.29.